The Bertz CT molecular complexity index is 797. The highest BCUT2D eigenvalue weighted by Gasteiger charge is 2.43. The van der Waals surface area contributed by atoms with Crippen molar-refractivity contribution in [2.75, 3.05) is 4.90 Å². The largest absolute Gasteiger partial charge is 0.477 e. The number of nitro groups is 1. The predicted molar refractivity (Wildman–Crippen MR) is 91.6 cm³/mol. The van der Waals surface area contributed by atoms with E-state index in [1.165, 1.54) is 12.1 Å². The first-order valence-corrected chi connectivity index (χ1v) is 7.85. The van der Waals surface area contributed by atoms with Crippen LogP contribution in [0.1, 0.15) is 42.5 Å². The molecule has 0 saturated heterocycles. The van der Waals surface area contributed by atoms with Crippen LogP contribution in [-0.4, -0.2) is 33.6 Å². The molecule has 0 amide bonds. The van der Waals surface area contributed by atoms with Crippen LogP contribution in [0.15, 0.2) is 28.2 Å². The Balaban J connectivity index is 2.13. The lowest BCUT2D eigenvalue weighted by atomic mass is 9.87. The van der Waals surface area contributed by atoms with E-state index in [-0.39, 0.29) is 11.9 Å². The zero-order chi connectivity index (χ0) is 18.2. The standard InChI is InChI=1S/C15H18N6O4/c16-13-18-14(17)20(15(19-13)6-2-1-3-7-15)9-4-5-11(21(24)25)10(8-9)12(22)23/h4-5,8H,1-3,6-7H2,(H,22,23)(H4,16,17,18,19). The van der Waals surface area contributed by atoms with Crippen LogP contribution < -0.4 is 16.4 Å². The number of nitrogens with zero attached hydrogens (tertiary/aromatic N) is 4. The highest BCUT2D eigenvalue weighted by Crippen LogP contribution is 2.40. The number of nitrogens with two attached hydrogens (primary N) is 2. The number of benzene rings is 1. The summed E-state index contributed by atoms with van der Waals surface area (Å²) in [5, 5.41) is 20.4. The molecule has 1 saturated carbocycles. The summed E-state index contributed by atoms with van der Waals surface area (Å²) < 4.78 is 0. The van der Waals surface area contributed by atoms with Crippen LogP contribution in [0, 0.1) is 10.1 Å². The second kappa shape index (κ2) is 6.04. The van der Waals surface area contributed by atoms with E-state index in [0.717, 1.165) is 25.3 Å². The summed E-state index contributed by atoms with van der Waals surface area (Å²) in [4.78, 5) is 31.9. The van der Waals surface area contributed by atoms with Gasteiger partial charge in [-0.2, -0.15) is 4.99 Å². The third-order valence-electron chi connectivity index (χ3n) is 4.52. The minimum Gasteiger partial charge on any atom is -0.477 e. The Morgan fingerprint density at radius 3 is 2.56 bits per heavy atom. The molecule has 0 unspecified atom stereocenters. The smallest absolute Gasteiger partial charge is 0.342 e. The Morgan fingerprint density at radius 1 is 1.28 bits per heavy atom. The first-order chi connectivity index (χ1) is 11.8. The maximum absolute atomic E-state index is 11.4. The fraction of sp³-hybridized carbons (Fsp3) is 0.400. The lowest BCUT2D eigenvalue weighted by molar-refractivity contribution is -0.385. The van der Waals surface area contributed by atoms with Crippen molar-refractivity contribution in [2.24, 2.45) is 21.5 Å². The van der Waals surface area contributed by atoms with Crippen LogP contribution in [-0.2, 0) is 0 Å². The van der Waals surface area contributed by atoms with Gasteiger partial charge in [0, 0.05) is 11.8 Å². The Morgan fingerprint density at radius 2 is 1.96 bits per heavy atom. The Labute approximate surface area is 143 Å². The zero-order valence-corrected chi connectivity index (χ0v) is 13.4. The molecule has 1 aromatic carbocycles. The van der Waals surface area contributed by atoms with E-state index in [1.807, 2.05) is 0 Å². The third-order valence-corrected chi connectivity index (χ3v) is 4.52. The summed E-state index contributed by atoms with van der Waals surface area (Å²) in [6.07, 6.45) is 4.26. The summed E-state index contributed by atoms with van der Waals surface area (Å²) in [5.74, 6) is -1.21. The van der Waals surface area contributed by atoms with Crippen molar-refractivity contribution in [2.45, 2.75) is 37.8 Å². The average Bonchev–Trinajstić information content (AvgIpc) is 2.54. The predicted octanol–water partition coefficient (Wildman–Crippen LogP) is 1.40. The topological polar surface area (TPSA) is 160 Å². The molecule has 3 rings (SSSR count). The molecule has 1 heterocycles. The van der Waals surface area contributed by atoms with E-state index in [2.05, 4.69) is 9.98 Å². The van der Waals surface area contributed by atoms with Crippen LogP contribution >= 0.6 is 0 Å². The maximum Gasteiger partial charge on any atom is 0.342 e. The number of aliphatic imine (C=N–C) groups is 2. The van der Waals surface area contributed by atoms with Crippen molar-refractivity contribution in [1.29, 1.82) is 0 Å². The minimum absolute atomic E-state index is 0.0796. The second-order valence-corrected chi connectivity index (χ2v) is 6.08. The lowest BCUT2D eigenvalue weighted by Crippen LogP contribution is -2.58. The summed E-state index contributed by atoms with van der Waals surface area (Å²) >= 11 is 0. The quantitative estimate of drug-likeness (QED) is 0.550. The van der Waals surface area contributed by atoms with Crippen LogP contribution in [0.2, 0.25) is 0 Å². The molecule has 10 nitrogen and oxygen atoms in total. The fourth-order valence-electron chi connectivity index (χ4n) is 3.49. The zero-order valence-electron chi connectivity index (χ0n) is 13.4. The number of rotatable bonds is 3. The number of aromatic carboxylic acids is 1. The molecule has 132 valence electrons. The van der Waals surface area contributed by atoms with Gasteiger partial charge in [0.05, 0.1) is 4.92 Å². The molecular weight excluding hydrogens is 328 g/mol. The van der Waals surface area contributed by atoms with Gasteiger partial charge in [0.25, 0.3) is 5.69 Å². The van der Waals surface area contributed by atoms with Crippen LogP contribution in [0.25, 0.3) is 0 Å². The number of carbonyl (C=O) groups is 1. The molecule has 1 spiro atoms. The van der Waals surface area contributed by atoms with Gasteiger partial charge in [-0.3, -0.25) is 15.0 Å². The molecule has 2 aliphatic rings. The Hall–Kier alpha value is -3.17. The van der Waals surface area contributed by atoms with Gasteiger partial charge in [-0.25, -0.2) is 9.79 Å². The molecule has 0 aromatic heterocycles. The van der Waals surface area contributed by atoms with Crippen molar-refractivity contribution in [3.8, 4) is 0 Å². The van der Waals surface area contributed by atoms with Gasteiger partial charge in [0.2, 0.25) is 11.9 Å². The molecule has 1 aliphatic heterocycles. The summed E-state index contributed by atoms with van der Waals surface area (Å²) in [6, 6.07) is 3.85. The molecule has 1 aromatic rings. The average molecular weight is 346 g/mol. The molecule has 0 radical (unpaired) electrons. The molecule has 1 fully saturated rings. The highest BCUT2D eigenvalue weighted by atomic mass is 16.6. The number of carboxylic acid groups (broad SMARTS) is 1. The first kappa shape index (κ1) is 16.7. The molecule has 10 heteroatoms. The van der Waals surface area contributed by atoms with Gasteiger partial charge in [-0.05, 0) is 37.8 Å². The van der Waals surface area contributed by atoms with Crippen molar-refractivity contribution in [3.05, 3.63) is 33.9 Å². The van der Waals surface area contributed by atoms with Crippen molar-refractivity contribution >= 4 is 29.3 Å². The van der Waals surface area contributed by atoms with Crippen molar-refractivity contribution in [1.82, 2.24) is 0 Å². The van der Waals surface area contributed by atoms with Gasteiger partial charge >= 0.3 is 5.97 Å². The van der Waals surface area contributed by atoms with Crippen LogP contribution in [0.5, 0.6) is 0 Å². The van der Waals surface area contributed by atoms with Gasteiger partial charge in [-0.1, -0.05) is 6.42 Å². The summed E-state index contributed by atoms with van der Waals surface area (Å²) in [5.41, 5.74) is 10.6. The molecule has 0 bridgehead atoms. The summed E-state index contributed by atoms with van der Waals surface area (Å²) in [7, 11) is 0. The molecule has 25 heavy (non-hydrogen) atoms. The van der Waals surface area contributed by atoms with E-state index < -0.39 is 27.8 Å². The van der Waals surface area contributed by atoms with Crippen molar-refractivity contribution in [3.63, 3.8) is 0 Å². The first-order valence-electron chi connectivity index (χ1n) is 7.85. The van der Waals surface area contributed by atoms with Gasteiger partial charge in [0.15, 0.2) is 0 Å². The third kappa shape index (κ3) is 2.86. The molecule has 5 N–H and O–H groups in total. The van der Waals surface area contributed by atoms with E-state index >= 15 is 0 Å². The Kier molecular flexibility index (Phi) is 4.03. The summed E-state index contributed by atoms with van der Waals surface area (Å²) in [6.45, 7) is 0. The normalized spacial score (nSPS) is 19.3. The van der Waals surface area contributed by atoms with Crippen LogP contribution in [0.4, 0.5) is 11.4 Å². The second-order valence-electron chi connectivity index (χ2n) is 6.08. The number of hydrogen-bond acceptors (Lipinski definition) is 8. The van der Waals surface area contributed by atoms with Crippen LogP contribution in [0.3, 0.4) is 0 Å². The lowest BCUT2D eigenvalue weighted by Gasteiger charge is -2.45. The SMILES string of the molecule is NC1=NC2(CCCCC2)N(c2ccc([N+](=O)[O-])c(C(=O)O)c2)C(N)=N1. The van der Waals surface area contributed by atoms with E-state index in [0.29, 0.717) is 18.5 Å². The van der Waals surface area contributed by atoms with E-state index in [9.17, 15) is 20.0 Å². The number of carboxylic acids is 1. The number of anilines is 1. The molecular formula is C15H18N6O4. The number of guanidine groups is 2. The number of hydrogen-bond donors (Lipinski definition) is 3. The van der Waals surface area contributed by atoms with E-state index in [4.69, 9.17) is 11.5 Å². The monoisotopic (exact) mass is 346 g/mol. The van der Waals surface area contributed by atoms with Gasteiger partial charge in [0.1, 0.15) is 11.2 Å². The van der Waals surface area contributed by atoms with Gasteiger partial charge < -0.3 is 16.6 Å². The van der Waals surface area contributed by atoms with Gasteiger partial charge in [-0.15, -0.1) is 0 Å². The fourth-order valence-corrected chi connectivity index (χ4v) is 3.49. The molecule has 0 atom stereocenters. The van der Waals surface area contributed by atoms with Crippen molar-refractivity contribution < 1.29 is 14.8 Å². The molecule has 1 aliphatic carbocycles. The highest BCUT2D eigenvalue weighted by molar-refractivity contribution is 6.06. The minimum atomic E-state index is -1.39. The maximum atomic E-state index is 11.4. The number of nitro benzene ring substituents is 1. The van der Waals surface area contributed by atoms with E-state index in [1.54, 1.807) is 4.90 Å².